The molecule has 1 atom stereocenters. The molecule has 0 saturated carbocycles. The van der Waals surface area contributed by atoms with Gasteiger partial charge in [0.2, 0.25) is 0 Å². The van der Waals surface area contributed by atoms with Crippen LogP contribution in [0.1, 0.15) is 36.2 Å². The molecule has 0 spiro atoms. The third-order valence-electron chi connectivity index (χ3n) is 4.74. The first-order valence-corrected chi connectivity index (χ1v) is 8.44. The van der Waals surface area contributed by atoms with Gasteiger partial charge in [0.15, 0.2) is 5.82 Å². The van der Waals surface area contributed by atoms with Gasteiger partial charge in [-0.25, -0.2) is 9.97 Å². The Labute approximate surface area is 136 Å². The van der Waals surface area contributed by atoms with Crippen LogP contribution in [0, 0.1) is 6.92 Å². The van der Waals surface area contributed by atoms with Crippen LogP contribution < -0.4 is 10.2 Å². The van der Waals surface area contributed by atoms with Crippen LogP contribution in [0.15, 0.2) is 18.5 Å². The van der Waals surface area contributed by atoms with Gasteiger partial charge in [-0.2, -0.15) is 5.10 Å². The fourth-order valence-electron chi connectivity index (χ4n) is 3.54. The van der Waals surface area contributed by atoms with E-state index >= 15 is 0 Å². The second-order valence-corrected chi connectivity index (χ2v) is 6.46. The summed E-state index contributed by atoms with van der Waals surface area (Å²) in [5, 5.41) is 12.2. The first-order chi connectivity index (χ1) is 11.3. The molecule has 0 radical (unpaired) electrons. The van der Waals surface area contributed by atoms with Crippen LogP contribution in [0.25, 0.3) is 0 Å². The Balaban J connectivity index is 1.48. The van der Waals surface area contributed by atoms with Gasteiger partial charge in [-0.15, -0.1) is 5.10 Å². The Morgan fingerprint density at radius 1 is 1.13 bits per heavy atom. The summed E-state index contributed by atoms with van der Waals surface area (Å²) in [6, 6.07) is 4.48. The van der Waals surface area contributed by atoms with E-state index in [4.69, 9.17) is 0 Å². The van der Waals surface area contributed by atoms with Crippen molar-refractivity contribution >= 4 is 11.6 Å². The van der Waals surface area contributed by atoms with Crippen LogP contribution in [-0.2, 0) is 12.8 Å². The van der Waals surface area contributed by atoms with Gasteiger partial charge < -0.3 is 10.2 Å². The summed E-state index contributed by atoms with van der Waals surface area (Å²) >= 11 is 0. The molecule has 1 N–H and O–H groups in total. The maximum absolute atomic E-state index is 4.49. The first-order valence-electron chi connectivity index (χ1n) is 8.44. The van der Waals surface area contributed by atoms with E-state index in [1.807, 2.05) is 13.0 Å². The molecule has 2 aliphatic rings. The number of hydrogen-bond donors (Lipinski definition) is 1. The molecule has 0 amide bonds. The molecule has 1 aliphatic carbocycles. The highest BCUT2D eigenvalue weighted by molar-refractivity contribution is 5.49. The molecule has 0 unspecified atom stereocenters. The van der Waals surface area contributed by atoms with Gasteiger partial charge in [0, 0.05) is 30.4 Å². The fraction of sp³-hybridized carbons (Fsp3) is 0.529. The van der Waals surface area contributed by atoms with Crippen molar-refractivity contribution in [3.8, 4) is 0 Å². The zero-order chi connectivity index (χ0) is 15.6. The van der Waals surface area contributed by atoms with Crippen LogP contribution in [-0.4, -0.2) is 39.3 Å². The van der Waals surface area contributed by atoms with E-state index in [1.165, 1.54) is 17.7 Å². The number of nitrogens with zero attached hydrogens (tertiary/aromatic N) is 5. The minimum Gasteiger partial charge on any atom is -0.365 e. The standard InChI is InChI=1S/C17H22N6/c1-12-7-8-16(22-21-12)23-9-3-4-13(10-23)20-17-14-5-2-6-15(14)18-11-19-17/h7-8,11,13H,2-6,9-10H2,1H3,(H,18,19,20)/t13-/m1/s1. The highest BCUT2D eigenvalue weighted by Crippen LogP contribution is 2.27. The number of aromatic nitrogens is 4. The number of hydrogen-bond acceptors (Lipinski definition) is 6. The molecule has 2 aromatic rings. The minimum absolute atomic E-state index is 0.395. The number of fused-ring (bicyclic) bond motifs is 1. The first kappa shape index (κ1) is 14.4. The topological polar surface area (TPSA) is 66.8 Å². The summed E-state index contributed by atoms with van der Waals surface area (Å²) < 4.78 is 0. The molecular weight excluding hydrogens is 288 g/mol. The lowest BCUT2D eigenvalue weighted by atomic mass is 10.1. The highest BCUT2D eigenvalue weighted by atomic mass is 15.3. The van der Waals surface area contributed by atoms with E-state index in [0.29, 0.717) is 6.04 Å². The Bertz CT molecular complexity index is 684. The maximum Gasteiger partial charge on any atom is 0.151 e. The van der Waals surface area contributed by atoms with Crippen LogP contribution in [0.5, 0.6) is 0 Å². The van der Waals surface area contributed by atoms with Gasteiger partial charge >= 0.3 is 0 Å². The molecule has 0 aromatic carbocycles. The molecule has 1 saturated heterocycles. The van der Waals surface area contributed by atoms with Gasteiger partial charge in [0.1, 0.15) is 12.1 Å². The summed E-state index contributed by atoms with van der Waals surface area (Å²) in [7, 11) is 0. The van der Waals surface area contributed by atoms with Gasteiger partial charge in [-0.05, 0) is 51.2 Å². The van der Waals surface area contributed by atoms with Crippen molar-refractivity contribution in [2.75, 3.05) is 23.3 Å². The molecule has 2 aromatic heterocycles. The second-order valence-electron chi connectivity index (χ2n) is 6.46. The van der Waals surface area contributed by atoms with E-state index in [2.05, 4.69) is 36.4 Å². The molecule has 0 bridgehead atoms. The normalized spacial score (nSPS) is 20.4. The molecule has 1 fully saturated rings. The fourth-order valence-corrected chi connectivity index (χ4v) is 3.54. The Hall–Kier alpha value is -2.24. The number of aryl methyl sites for hydroxylation is 2. The average Bonchev–Trinajstić information content (AvgIpc) is 3.06. The average molecular weight is 310 g/mol. The van der Waals surface area contributed by atoms with Crippen molar-refractivity contribution in [2.24, 2.45) is 0 Å². The van der Waals surface area contributed by atoms with Crippen molar-refractivity contribution in [1.82, 2.24) is 20.2 Å². The number of piperidine rings is 1. The van der Waals surface area contributed by atoms with E-state index in [-0.39, 0.29) is 0 Å². The molecular formula is C17H22N6. The lowest BCUT2D eigenvalue weighted by molar-refractivity contribution is 0.523. The lowest BCUT2D eigenvalue weighted by Gasteiger charge is -2.34. The van der Waals surface area contributed by atoms with E-state index in [0.717, 1.165) is 56.1 Å². The van der Waals surface area contributed by atoms with Crippen molar-refractivity contribution in [3.05, 3.63) is 35.4 Å². The number of nitrogens with one attached hydrogen (secondary N) is 1. The van der Waals surface area contributed by atoms with Crippen molar-refractivity contribution in [1.29, 1.82) is 0 Å². The molecule has 1 aliphatic heterocycles. The van der Waals surface area contributed by atoms with Gasteiger partial charge in [-0.1, -0.05) is 0 Å². The molecule has 120 valence electrons. The molecule has 4 rings (SSSR count). The molecule has 23 heavy (non-hydrogen) atoms. The van der Waals surface area contributed by atoms with Crippen molar-refractivity contribution < 1.29 is 0 Å². The van der Waals surface area contributed by atoms with E-state index in [1.54, 1.807) is 6.33 Å². The van der Waals surface area contributed by atoms with Crippen LogP contribution in [0.2, 0.25) is 0 Å². The summed E-state index contributed by atoms with van der Waals surface area (Å²) in [5.41, 5.74) is 3.50. The summed E-state index contributed by atoms with van der Waals surface area (Å²) in [4.78, 5) is 11.2. The quantitative estimate of drug-likeness (QED) is 0.937. The third kappa shape index (κ3) is 2.98. The maximum atomic E-state index is 4.49. The smallest absolute Gasteiger partial charge is 0.151 e. The lowest BCUT2D eigenvalue weighted by Crippen LogP contribution is -2.43. The van der Waals surface area contributed by atoms with E-state index < -0.39 is 0 Å². The van der Waals surface area contributed by atoms with Gasteiger partial charge in [0.25, 0.3) is 0 Å². The van der Waals surface area contributed by atoms with Crippen LogP contribution >= 0.6 is 0 Å². The number of anilines is 2. The third-order valence-corrected chi connectivity index (χ3v) is 4.74. The Morgan fingerprint density at radius 3 is 2.96 bits per heavy atom. The van der Waals surface area contributed by atoms with Crippen LogP contribution in [0.4, 0.5) is 11.6 Å². The summed E-state index contributed by atoms with van der Waals surface area (Å²) in [5.74, 6) is 2.00. The van der Waals surface area contributed by atoms with Crippen molar-refractivity contribution in [3.63, 3.8) is 0 Å². The Morgan fingerprint density at radius 2 is 2.09 bits per heavy atom. The molecule has 6 heteroatoms. The van der Waals surface area contributed by atoms with E-state index in [9.17, 15) is 0 Å². The van der Waals surface area contributed by atoms with Crippen molar-refractivity contribution in [2.45, 2.75) is 45.1 Å². The largest absolute Gasteiger partial charge is 0.365 e. The SMILES string of the molecule is Cc1ccc(N2CCC[C@@H](Nc3ncnc4c3CCC4)C2)nn1. The summed E-state index contributed by atoms with van der Waals surface area (Å²) in [6.07, 6.45) is 7.38. The van der Waals surface area contributed by atoms with Gasteiger partial charge in [-0.3, -0.25) is 0 Å². The zero-order valence-corrected chi connectivity index (χ0v) is 13.5. The second kappa shape index (κ2) is 6.10. The number of rotatable bonds is 3. The predicted octanol–water partition coefficient (Wildman–Crippen LogP) is 2.14. The van der Waals surface area contributed by atoms with Crippen LogP contribution in [0.3, 0.4) is 0 Å². The highest BCUT2D eigenvalue weighted by Gasteiger charge is 2.24. The zero-order valence-electron chi connectivity index (χ0n) is 13.5. The molecule has 6 nitrogen and oxygen atoms in total. The minimum atomic E-state index is 0.395. The molecule has 3 heterocycles. The Kier molecular flexibility index (Phi) is 3.81. The predicted molar refractivity (Wildman–Crippen MR) is 89.7 cm³/mol. The summed E-state index contributed by atoms with van der Waals surface area (Å²) in [6.45, 7) is 3.95. The monoisotopic (exact) mass is 310 g/mol. The van der Waals surface area contributed by atoms with Gasteiger partial charge in [0.05, 0.1) is 5.69 Å².